The normalized spacial score (nSPS) is 11.0. The summed E-state index contributed by atoms with van der Waals surface area (Å²) >= 11 is 3.06. The molecule has 0 saturated heterocycles. The van der Waals surface area contributed by atoms with Gasteiger partial charge in [0.15, 0.2) is 11.0 Å². The smallest absolute Gasteiger partial charge is 0.234 e. The molecule has 0 radical (unpaired) electrons. The molecule has 2 heterocycles. The zero-order chi connectivity index (χ0) is 19.4. The van der Waals surface area contributed by atoms with E-state index in [1.807, 2.05) is 0 Å². The molecule has 1 aromatic carbocycles. The van der Waals surface area contributed by atoms with Crippen molar-refractivity contribution in [3.8, 4) is 11.4 Å². The van der Waals surface area contributed by atoms with Gasteiger partial charge in [-0.1, -0.05) is 18.7 Å². The van der Waals surface area contributed by atoms with Crippen LogP contribution in [0.3, 0.4) is 0 Å². The van der Waals surface area contributed by atoms with E-state index in [-0.39, 0.29) is 17.5 Å². The first-order chi connectivity index (χ1) is 13.0. The zero-order valence-electron chi connectivity index (χ0n) is 15.5. The molecule has 1 amide bonds. The van der Waals surface area contributed by atoms with Crippen LogP contribution in [0.4, 0.5) is 10.1 Å². The van der Waals surface area contributed by atoms with Crippen molar-refractivity contribution < 1.29 is 9.18 Å². The molecular weight excluding hydrogens is 383 g/mol. The van der Waals surface area contributed by atoms with Gasteiger partial charge in [0.25, 0.3) is 0 Å². The Bertz CT molecular complexity index is 934. The van der Waals surface area contributed by atoms with Gasteiger partial charge >= 0.3 is 0 Å². The maximum atomic E-state index is 12.9. The molecule has 3 rings (SSSR count). The molecule has 0 aliphatic rings. The second-order valence-corrected chi connectivity index (χ2v) is 8.16. The largest absolute Gasteiger partial charge is 0.325 e. The quantitative estimate of drug-likeness (QED) is 0.569. The van der Waals surface area contributed by atoms with Gasteiger partial charge in [0.2, 0.25) is 5.91 Å². The van der Waals surface area contributed by atoms with E-state index < -0.39 is 0 Å². The van der Waals surface area contributed by atoms with E-state index in [2.05, 4.69) is 46.2 Å². The van der Waals surface area contributed by atoms with Crippen molar-refractivity contribution in [3.05, 3.63) is 45.9 Å². The molecule has 3 aromatic rings. The number of carbonyl (C=O) groups excluding carboxylic acids is 1. The summed E-state index contributed by atoms with van der Waals surface area (Å²) in [5.74, 6) is 0.560. The van der Waals surface area contributed by atoms with Crippen LogP contribution in [-0.2, 0) is 11.3 Å². The minimum atomic E-state index is -0.332. The van der Waals surface area contributed by atoms with Crippen LogP contribution in [0.1, 0.15) is 23.8 Å². The lowest BCUT2D eigenvalue weighted by Crippen LogP contribution is -2.14. The summed E-state index contributed by atoms with van der Waals surface area (Å²) in [5, 5.41) is 14.3. The number of nitrogens with zero attached hydrogens (tertiary/aromatic N) is 3. The van der Waals surface area contributed by atoms with E-state index in [1.165, 1.54) is 46.5 Å². The molecule has 2 aromatic heterocycles. The van der Waals surface area contributed by atoms with Gasteiger partial charge in [0.05, 0.1) is 5.75 Å². The van der Waals surface area contributed by atoms with E-state index >= 15 is 0 Å². The van der Waals surface area contributed by atoms with Crippen LogP contribution in [0.25, 0.3) is 11.4 Å². The standard InChI is InChI=1S/C19H21FN4OS2/c1-4-9-24-18(16-10-26-13(3)12(16)2)22-23-19(24)27-11-17(25)21-15-7-5-14(20)6-8-15/h5-8,10H,4,9,11H2,1-3H3,(H,21,25). The van der Waals surface area contributed by atoms with Gasteiger partial charge in [-0.3, -0.25) is 4.79 Å². The molecule has 0 aliphatic heterocycles. The number of carbonyl (C=O) groups is 1. The average molecular weight is 405 g/mol. The van der Waals surface area contributed by atoms with Crippen molar-refractivity contribution in [1.29, 1.82) is 0 Å². The SMILES string of the molecule is CCCn1c(SCC(=O)Nc2ccc(F)cc2)nnc1-c1csc(C)c1C. The number of hydrogen-bond donors (Lipinski definition) is 1. The number of aryl methyl sites for hydroxylation is 1. The summed E-state index contributed by atoms with van der Waals surface area (Å²) in [6.07, 6.45) is 0.947. The van der Waals surface area contributed by atoms with Crippen LogP contribution in [0.5, 0.6) is 0 Å². The molecule has 1 N–H and O–H groups in total. The van der Waals surface area contributed by atoms with Gasteiger partial charge in [0.1, 0.15) is 5.82 Å². The van der Waals surface area contributed by atoms with Gasteiger partial charge in [0, 0.05) is 28.1 Å². The van der Waals surface area contributed by atoms with Crippen LogP contribution < -0.4 is 5.32 Å². The Morgan fingerprint density at radius 3 is 2.63 bits per heavy atom. The molecule has 27 heavy (non-hydrogen) atoms. The summed E-state index contributed by atoms with van der Waals surface area (Å²) in [6.45, 7) is 7.08. The number of halogens is 1. The van der Waals surface area contributed by atoms with Crippen LogP contribution in [-0.4, -0.2) is 26.4 Å². The summed E-state index contributed by atoms with van der Waals surface area (Å²) in [6, 6.07) is 5.71. The third kappa shape index (κ3) is 4.56. The Balaban J connectivity index is 1.72. The highest BCUT2D eigenvalue weighted by Gasteiger charge is 2.18. The number of rotatable bonds is 7. The Morgan fingerprint density at radius 1 is 1.26 bits per heavy atom. The molecule has 5 nitrogen and oxygen atoms in total. The maximum absolute atomic E-state index is 12.9. The minimum Gasteiger partial charge on any atom is -0.325 e. The highest BCUT2D eigenvalue weighted by atomic mass is 32.2. The zero-order valence-corrected chi connectivity index (χ0v) is 17.1. The summed E-state index contributed by atoms with van der Waals surface area (Å²) < 4.78 is 15.0. The third-order valence-corrected chi connectivity index (χ3v) is 6.13. The fourth-order valence-corrected chi connectivity index (χ4v) is 4.24. The summed E-state index contributed by atoms with van der Waals surface area (Å²) in [7, 11) is 0. The monoisotopic (exact) mass is 404 g/mol. The van der Waals surface area contributed by atoms with Crippen molar-refractivity contribution in [2.75, 3.05) is 11.1 Å². The van der Waals surface area contributed by atoms with E-state index in [1.54, 1.807) is 11.3 Å². The van der Waals surface area contributed by atoms with Crippen LogP contribution in [0, 0.1) is 19.7 Å². The van der Waals surface area contributed by atoms with E-state index in [0.717, 1.165) is 29.5 Å². The minimum absolute atomic E-state index is 0.165. The number of nitrogens with one attached hydrogen (secondary N) is 1. The molecule has 0 spiro atoms. The lowest BCUT2D eigenvalue weighted by molar-refractivity contribution is -0.113. The van der Waals surface area contributed by atoms with Crippen molar-refractivity contribution in [2.24, 2.45) is 0 Å². The molecule has 0 aliphatic carbocycles. The molecule has 142 valence electrons. The number of thiophene rings is 1. The number of benzene rings is 1. The lowest BCUT2D eigenvalue weighted by Gasteiger charge is -2.09. The molecule has 8 heteroatoms. The predicted molar refractivity (Wildman–Crippen MR) is 109 cm³/mol. The fourth-order valence-electron chi connectivity index (χ4n) is 2.61. The van der Waals surface area contributed by atoms with Gasteiger partial charge in [-0.2, -0.15) is 0 Å². The third-order valence-electron chi connectivity index (χ3n) is 4.15. The lowest BCUT2D eigenvalue weighted by atomic mass is 10.1. The number of hydrogen-bond acceptors (Lipinski definition) is 5. The average Bonchev–Trinajstić information content (AvgIpc) is 3.19. The Kier molecular flexibility index (Phi) is 6.28. The number of aromatic nitrogens is 3. The van der Waals surface area contributed by atoms with E-state index in [9.17, 15) is 9.18 Å². The fraction of sp³-hybridized carbons (Fsp3) is 0.316. The van der Waals surface area contributed by atoms with Crippen molar-refractivity contribution >= 4 is 34.7 Å². The molecule has 0 atom stereocenters. The van der Waals surface area contributed by atoms with Crippen LogP contribution in [0.2, 0.25) is 0 Å². The summed E-state index contributed by atoms with van der Waals surface area (Å²) in [4.78, 5) is 13.5. The van der Waals surface area contributed by atoms with Crippen molar-refractivity contribution in [3.63, 3.8) is 0 Å². The second kappa shape index (κ2) is 8.67. The van der Waals surface area contributed by atoms with Crippen molar-refractivity contribution in [2.45, 2.75) is 38.9 Å². The number of anilines is 1. The Hall–Kier alpha value is -2.19. The number of amides is 1. The van der Waals surface area contributed by atoms with Gasteiger partial charge in [-0.05, 0) is 50.1 Å². The van der Waals surface area contributed by atoms with E-state index in [0.29, 0.717) is 5.69 Å². The summed E-state index contributed by atoms with van der Waals surface area (Å²) in [5.41, 5.74) is 2.89. The predicted octanol–water partition coefficient (Wildman–Crippen LogP) is 4.90. The molecule has 0 unspecified atom stereocenters. The second-order valence-electron chi connectivity index (χ2n) is 6.13. The Labute approximate surface area is 166 Å². The molecule has 0 bridgehead atoms. The number of thioether (sulfide) groups is 1. The maximum Gasteiger partial charge on any atom is 0.234 e. The molecule has 0 saturated carbocycles. The first kappa shape index (κ1) is 19.6. The van der Waals surface area contributed by atoms with Gasteiger partial charge in [-0.25, -0.2) is 4.39 Å². The highest BCUT2D eigenvalue weighted by Crippen LogP contribution is 2.31. The molecule has 0 fully saturated rings. The first-order valence-electron chi connectivity index (χ1n) is 8.66. The highest BCUT2D eigenvalue weighted by molar-refractivity contribution is 7.99. The first-order valence-corrected chi connectivity index (χ1v) is 10.5. The Morgan fingerprint density at radius 2 is 2.00 bits per heavy atom. The van der Waals surface area contributed by atoms with E-state index in [4.69, 9.17) is 0 Å². The van der Waals surface area contributed by atoms with Gasteiger partial charge in [-0.15, -0.1) is 21.5 Å². The van der Waals surface area contributed by atoms with Crippen LogP contribution in [0.15, 0.2) is 34.8 Å². The van der Waals surface area contributed by atoms with Crippen LogP contribution >= 0.6 is 23.1 Å². The topological polar surface area (TPSA) is 59.8 Å². The van der Waals surface area contributed by atoms with Crippen molar-refractivity contribution in [1.82, 2.24) is 14.8 Å². The molecular formula is C19H21FN4OS2. The van der Waals surface area contributed by atoms with Gasteiger partial charge < -0.3 is 9.88 Å².